The van der Waals surface area contributed by atoms with E-state index in [4.69, 9.17) is 12.2 Å². The van der Waals surface area contributed by atoms with E-state index >= 15 is 0 Å². The molecule has 0 aliphatic rings. The zero-order valence-corrected chi connectivity index (χ0v) is 19.8. The van der Waals surface area contributed by atoms with Crippen molar-refractivity contribution in [3.8, 4) is 0 Å². The second-order valence-electron chi connectivity index (χ2n) is 7.79. The molecule has 0 heterocycles. The molecule has 0 fully saturated rings. The first-order chi connectivity index (χ1) is 12.3. The Morgan fingerprint density at radius 2 is 1.08 bits per heavy atom. The topological polar surface area (TPSA) is 64.0 Å². The Balaban J connectivity index is 0. The zero-order chi connectivity index (χ0) is 20.2. The van der Waals surface area contributed by atoms with Crippen LogP contribution in [0.4, 0.5) is 0 Å². The summed E-state index contributed by atoms with van der Waals surface area (Å²) < 4.78 is 23.1. The third kappa shape index (κ3) is 26.4. The Bertz CT molecular complexity index is 299. The van der Waals surface area contributed by atoms with Crippen LogP contribution in [-0.4, -0.2) is 73.4 Å². The van der Waals surface area contributed by atoms with Gasteiger partial charge in [0.1, 0.15) is 0 Å². The Kier molecular flexibility index (Phi) is 23.4. The van der Waals surface area contributed by atoms with Gasteiger partial charge in [-0.1, -0.05) is 84.0 Å². The van der Waals surface area contributed by atoms with Gasteiger partial charge < -0.3 is 9.80 Å². The summed E-state index contributed by atoms with van der Waals surface area (Å²) in [6, 6.07) is 0.720. The molecule has 0 radical (unpaired) electrons. The minimum absolute atomic E-state index is 0.720. The third-order valence-corrected chi connectivity index (χ3v) is 4.70. The molecule has 0 bridgehead atoms. The molecule has 26 heavy (non-hydrogen) atoms. The molecule has 0 saturated heterocycles. The summed E-state index contributed by atoms with van der Waals surface area (Å²) in [7, 11) is 8.79. The van der Waals surface area contributed by atoms with Gasteiger partial charge in [-0.05, 0) is 34.6 Å². The third-order valence-electron chi connectivity index (χ3n) is 4.70. The monoisotopic (exact) mass is 442 g/mol. The minimum atomic E-state index is -3.29. The van der Waals surface area contributed by atoms with E-state index in [0.29, 0.717) is 0 Å². The molecule has 0 amide bonds. The molecule has 0 spiro atoms. The van der Waals surface area contributed by atoms with Gasteiger partial charge >= 0.3 is 26.7 Å². The second-order valence-corrected chi connectivity index (χ2v) is 8.76. The van der Waals surface area contributed by atoms with Crippen molar-refractivity contribution in [1.29, 1.82) is 0 Å². The summed E-state index contributed by atoms with van der Waals surface area (Å²) in [5, 5.41) is 0. The maximum atomic E-state index is 8.76. The van der Waals surface area contributed by atoms with Crippen molar-refractivity contribution in [2.45, 2.75) is 96.4 Å². The van der Waals surface area contributed by atoms with E-state index in [-0.39, 0.29) is 0 Å². The van der Waals surface area contributed by atoms with Crippen LogP contribution in [-0.2, 0) is 3.83 Å². The number of hydrogen-bond acceptors (Lipinski definition) is 3. The number of hydrogen-bond donors (Lipinski definition) is 2. The van der Waals surface area contributed by atoms with Gasteiger partial charge in [0.05, 0.1) is 0 Å². The Labute approximate surface area is 167 Å². The normalized spacial score (nSPS) is 12.5. The zero-order valence-electron chi connectivity index (χ0n) is 18.1. The van der Waals surface area contributed by atoms with E-state index in [1.165, 1.54) is 90.0 Å². The van der Waals surface area contributed by atoms with E-state index in [1.807, 2.05) is 0 Å². The van der Waals surface area contributed by atoms with Gasteiger partial charge in [0.25, 0.3) is 0 Å². The van der Waals surface area contributed by atoms with E-state index < -0.39 is 14.5 Å². The van der Waals surface area contributed by atoms with Crippen LogP contribution in [0.1, 0.15) is 90.4 Å². The average molecular weight is 442 g/mol. The second kappa shape index (κ2) is 21.5. The quantitative estimate of drug-likeness (QED) is 0.280. The Morgan fingerprint density at radius 1 is 0.731 bits per heavy atom. The van der Waals surface area contributed by atoms with E-state index in [9.17, 15) is 0 Å². The Morgan fingerprint density at radius 3 is 1.38 bits per heavy atom. The van der Waals surface area contributed by atoms with Crippen molar-refractivity contribution in [2.24, 2.45) is 0 Å². The molecule has 0 rings (SSSR count). The Hall–Kier alpha value is 0.159. The van der Waals surface area contributed by atoms with Crippen molar-refractivity contribution in [3.63, 3.8) is 0 Å². The van der Waals surface area contributed by atoms with Crippen LogP contribution in [0.5, 0.6) is 0 Å². The molecule has 0 aromatic rings. The van der Waals surface area contributed by atoms with Crippen molar-refractivity contribution < 1.29 is 12.2 Å². The van der Waals surface area contributed by atoms with Crippen molar-refractivity contribution in [3.05, 3.63) is 0 Å². The average Bonchev–Trinajstić information content (AvgIpc) is 2.53. The van der Waals surface area contributed by atoms with Crippen molar-refractivity contribution in [1.82, 2.24) is 9.80 Å². The molecule has 0 aliphatic heterocycles. The van der Waals surface area contributed by atoms with Crippen LogP contribution < -0.4 is 0 Å². The van der Waals surface area contributed by atoms with Gasteiger partial charge in [-0.2, -0.15) is 0 Å². The van der Waals surface area contributed by atoms with E-state index in [1.54, 1.807) is 0 Å². The van der Waals surface area contributed by atoms with Gasteiger partial charge in [0, 0.05) is 12.6 Å². The molecule has 0 saturated carbocycles. The van der Waals surface area contributed by atoms with Crippen molar-refractivity contribution in [2.75, 3.05) is 34.7 Å². The molecular weight excluding hydrogens is 395 g/mol. The molecule has 5 nitrogen and oxygen atoms in total. The van der Waals surface area contributed by atoms with Crippen LogP contribution in [0.2, 0.25) is 0 Å². The fourth-order valence-corrected chi connectivity index (χ4v) is 3.16. The summed E-state index contributed by atoms with van der Waals surface area (Å²) in [4.78, 5) is 4.70. The fraction of sp³-hybridized carbons (Fsp3) is 1.00. The van der Waals surface area contributed by atoms with E-state index in [2.05, 4.69) is 44.9 Å². The predicted molar refractivity (Wildman–Crippen MR) is 113 cm³/mol. The summed E-state index contributed by atoms with van der Waals surface area (Å²) >= 11 is -3.29. The molecule has 1 atom stereocenters. The van der Waals surface area contributed by atoms with Crippen LogP contribution in [0, 0.1) is 0 Å². The predicted octanol–water partition coefficient (Wildman–Crippen LogP) is 3.96. The van der Waals surface area contributed by atoms with Crippen LogP contribution in [0.3, 0.4) is 0 Å². The van der Waals surface area contributed by atoms with Crippen LogP contribution in [0.25, 0.3) is 0 Å². The van der Waals surface area contributed by atoms with Crippen molar-refractivity contribution >= 4 is 14.5 Å². The summed E-state index contributed by atoms with van der Waals surface area (Å²) in [5.41, 5.74) is 0. The molecule has 0 aromatic heterocycles. The molecule has 0 aliphatic carbocycles. The first-order valence-electron chi connectivity index (χ1n) is 10.4. The number of unbranched alkanes of at least 4 members (excludes halogenated alkanes) is 11. The maximum absolute atomic E-state index is 8.76. The van der Waals surface area contributed by atoms with Gasteiger partial charge in [-0.3, -0.25) is 0 Å². The SMILES string of the molecule is CCCCCCCCCCCCCCC(CN(C)C)N(C)C.O=[Se](O)O. The number of nitrogens with zero attached hydrogens (tertiary/aromatic N) is 2. The summed E-state index contributed by atoms with van der Waals surface area (Å²) in [5.74, 6) is 0. The number of likely N-dealkylation sites (N-methyl/N-ethyl adjacent to an activating group) is 2. The molecule has 1 unspecified atom stereocenters. The fourth-order valence-electron chi connectivity index (χ4n) is 3.16. The van der Waals surface area contributed by atoms with Gasteiger partial charge in [-0.15, -0.1) is 0 Å². The van der Waals surface area contributed by atoms with Gasteiger partial charge in [0.2, 0.25) is 0 Å². The molecular formula is C20H46N2O3Se. The van der Waals surface area contributed by atoms with E-state index in [0.717, 1.165) is 6.04 Å². The molecule has 6 heteroatoms. The first-order valence-corrected chi connectivity index (χ1v) is 12.7. The van der Waals surface area contributed by atoms with Gasteiger partial charge in [-0.25, -0.2) is 0 Å². The molecule has 2 N–H and O–H groups in total. The van der Waals surface area contributed by atoms with Crippen LogP contribution in [0.15, 0.2) is 0 Å². The summed E-state index contributed by atoms with van der Waals surface area (Å²) in [6.07, 6.45) is 18.6. The van der Waals surface area contributed by atoms with Gasteiger partial charge in [0.15, 0.2) is 0 Å². The first kappa shape index (κ1) is 28.4. The molecule has 160 valence electrons. The standard InChI is InChI=1S/C20H44N2.H2O3Se/c1-6-7-8-9-10-11-12-13-14-15-16-17-18-20(22(4)5)19-21(2)3;1-4(2)3/h20H,6-19H2,1-5H3;(H2,1,2,3). The van der Waals surface area contributed by atoms with Crippen LogP contribution >= 0.6 is 0 Å². The summed E-state index contributed by atoms with van der Waals surface area (Å²) in [6.45, 7) is 3.48. The number of rotatable bonds is 16. The molecule has 0 aromatic carbocycles.